The lowest BCUT2D eigenvalue weighted by molar-refractivity contribution is 0.0777. The maximum absolute atomic E-state index is 13.1. The lowest BCUT2D eigenvalue weighted by atomic mass is 10.1. The summed E-state index contributed by atoms with van der Waals surface area (Å²) in [6, 6.07) is 3.73. The van der Waals surface area contributed by atoms with Gasteiger partial charge in [0.25, 0.3) is 11.8 Å². The summed E-state index contributed by atoms with van der Waals surface area (Å²) in [5.41, 5.74) is -0.503. The summed E-state index contributed by atoms with van der Waals surface area (Å²) < 4.78 is 1.75. The van der Waals surface area contributed by atoms with Crippen molar-refractivity contribution in [2.75, 3.05) is 13.6 Å². The average molecular weight is 418 g/mol. The highest BCUT2D eigenvalue weighted by molar-refractivity contribution is 7.10. The summed E-state index contributed by atoms with van der Waals surface area (Å²) in [6.07, 6.45) is 3.81. The van der Waals surface area contributed by atoms with E-state index >= 15 is 0 Å². The Morgan fingerprint density at radius 3 is 2.34 bits per heavy atom. The van der Waals surface area contributed by atoms with Crippen LogP contribution in [0.5, 0.6) is 0 Å². The lowest BCUT2D eigenvalue weighted by Gasteiger charge is -2.21. The van der Waals surface area contributed by atoms with E-state index in [-0.39, 0.29) is 35.0 Å². The molecule has 1 unspecified atom stereocenters. The summed E-state index contributed by atoms with van der Waals surface area (Å²) in [7, 11) is 1.68. The molecule has 2 amide bonds. The van der Waals surface area contributed by atoms with Crippen molar-refractivity contribution in [3.8, 4) is 0 Å². The van der Waals surface area contributed by atoms with Crippen LogP contribution in [0.4, 0.5) is 0 Å². The summed E-state index contributed by atoms with van der Waals surface area (Å²) in [6.45, 7) is 10.4. The van der Waals surface area contributed by atoms with Crippen LogP contribution in [0.3, 0.4) is 0 Å². The zero-order chi connectivity index (χ0) is 21.7. The predicted molar refractivity (Wildman–Crippen MR) is 118 cm³/mol. The van der Waals surface area contributed by atoms with Crippen molar-refractivity contribution >= 4 is 23.2 Å². The number of rotatable bonds is 8. The Hall–Kier alpha value is -2.41. The van der Waals surface area contributed by atoms with E-state index in [0.717, 1.165) is 4.88 Å². The number of nitrogens with one attached hydrogen (secondary N) is 1. The quantitative estimate of drug-likeness (QED) is 0.703. The molecular weight excluding hydrogens is 386 g/mol. The Labute approximate surface area is 176 Å². The van der Waals surface area contributed by atoms with Crippen LogP contribution in [-0.2, 0) is 0 Å². The van der Waals surface area contributed by atoms with Gasteiger partial charge in [0.05, 0.1) is 6.04 Å². The van der Waals surface area contributed by atoms with Gasteiger partial charge in [-0.15, -0.1) is 11.3 Å². The summed E-state index contributed by atoms with van der Waals surface area (Å²) in [4.78, 5) is 41.5. The minimum Gasteiger partial charge on any atom is -0.350 e. The largest absolute Gasteiger partial charge is 0.350 e. The van der Waals surface area contributed by atoms with Gasteiger partial charge in [-0.05, 0) is 37.6 Å². The third-order valence-electron chi connectivity index (χ3n) is 4.70. The maximum Gasteiger partial charge on any atom is 0.259 e. The maximum atomic E-state index is 13.1. The molecule has 29 heavy (non-hydrogen) atoms. The molecule has 0 fully saturated rings. The summed E-state index contributed by atoms with van der Waals surface area (Å²) in [5, 5.41) is 4.91. The van der Waals surface area contributed by atoms with Crippen molar-refractivity contribution in [2.45, 2.75) is 53.1 Å². The minimum atomic E-state index is -0.527. The first-order valence-corrected chi connectivity index (χ1v) is 10.9. The van der Waals surface area contributed by atoms with Crippen LogP contribution >= 0.6 is 11.3 Å². The first-order chi connectivity index (χ1) is 13.6. The third kappa shape index (κ3) is 5.56. The number of pyridine rings is 1. The van der Waals surface area contributed by atoms with E-state index < -0.39 is 11.3 Å². The second-order valence-corrected chi connectivity index (χ2v) is 8.96. The number of thiophene rings is 1. The molecule has 0 aliphatic heterocycles. The monoisotopic (exact) mass is 417 g/mol. The molecule has 0 bridgehead atoms. The molecule has 0 aromatic carbocycles. The molecule has 0 radical (unpaired) electrons. The fourth-order valence-corrected chi connectivity index (χ4v) is 4.01. The van der Waals surface area contributed by atoms with Crippen molar-refractivity contribution in [3.63, 3.8) is 0 Å². The molecule has 2 aromatic heterocycles. The van der Waals surface area contributed by atoms with Crippen molar-refractivity contribution in [1.29, 1.82) is 0 Å². The van der Waals surface area contributed by atoms with Crippen molar-refractivity contribution in [1.82, 2.24) is 14.8 Å². The lowest BCUT2D eigenvalue weighted by Crippen LogP contribution is -2.38. The molecule has 0 spiro atoms. The zero-order valence-electron chi connectivity index (χ0n) is 18.1. The van der Waals surface area contributed by atoms with Crippen molar-refractivity contribution in [3.05, 3.63) is 56.1 Å². The molecule has 7 heteroatoms. The van der Waals surface area contributed by atoms with Crippen LogP contribution in [-0.4, -0.2) is 34.9 Å². The van der Waals surface area contributed by atoms with Gasteiger partial charge in [-0.25, -0.2) is 0 Å². The van der Waals surface area contributed by atoms with Gasteiger partial charge in [0.2, 0.25) is 5.43 Å². The van der Waals surface area contributed by atoms with Crippen LogP contribution in [0.1, 0.15) is 78.7 Å². The van der Waals surface area contributed by atoms with E-state index in [0.29, 0.717) is 13.0 Å². The molecule has 0 aliphatic rings. The van der Waals surface area contributed by atoms with E-state index in [2.05, 4.69) is 5.32 Å². The zero-order valence-corrected chi connectivity index (χ0v) is 18.9. The Kier molecular flexibility index (Phi) is 7.79. The van der Waals surface area contributed by atoms with Gasteiger partial charge in [0, 0.05) is 36.9 Å². The van der Waals surface area contributed by atoms with E-state index in [1.54, 1.807) is 35.3 Å². The van der Waals surface area contributed by atoms with Gasteiger partial charge >= 0.3 is 0 Å². The summed E-state index contributed by atoms with van der Waals surface area (Å²) in [5.74, 6) is -0.539. The van der Waals surface area contributed by atoms with Crippen LogP contribution < -0.4 is 10.7 Å². The van der Waals surface area contributed by atoms with Crippen LogP contribution in [0.2, 0.25) is 0 Å². The molecule has 2 aromatic rings. The fraction of sp³-hybridized carbons (Fsp3) is 0.500. The van der Waals surface area contributed by atoms with Crippen LogP contribution in [0.25, 0.3) is 0 Å². The fourth-order valence-electron chi connectivity index (χ4n) is 3.15. The molecule has 1 N–H and O–H groups in total. The second-order valence-electron chi connectivity index (χ2n) is 7.98. The number of carbonyl (C=O) groups is 2. The number of hydrogen-bond acceptors (Lipinski definition) is 4. The van der Waals surface area contributed by atoms with Crippen LogP contribution in [0.15, 0.2) is 34.7 Å². The first-order valence-electron chi connectivity index (χ1n) is 10.0. The van der Waals surface area contributed by atoms with Crippen molar-refractivity contribution in [2.24, 2.45) is 5.92 Å². The second kappa shape index (κ2) is 9.87. The first kappa shape index (κ1) is 22.9. The summed E-state index contributed by atoms with van der Waals surface area (Å²) >= 11 is 1.56. The molecule has 6 nitrogen and oxygen atoms in total. The minimum absolute atomic E-state index is 0.00231. The van der Waals surface area contributed by atoms with Gasteiger partial charge in [0.1, 0.15) is 11.1 Å². The number of hydrogen-bond donors (Lipinski definition) is 1. The standard InChI is InChI=1S/C22H31N3O3S/c1-7-18(19-9-8-10-29-19)23-21(27)16-12-25(15(4)5)13-17(20(16)26)22(28)24(6)11-14(2)3/h8-10,12-15,18H,7,11H2,1-6H3,(H,23,27). The van der Waals surface area contributed by atoms with Gasteiger partial charge in [-0.2, -0.15) is 0 Å². The highest BCUT2D eigenvalue weighted by Crippen LogP contribution is 2.22. The normalized spacial score (nSPS) is 12.3. The molecule has 2 heterocycles. The molecule has 1 atom stereocenters. The molecule has 158 valence electrons. The highest BCUT2D eigenvalue weighted by Gasteiger charge is 2.24. The Bertz CT molecular complexity index is 901. The topological polar surface area (TPSA) is 71.4 Å². The third-order valence-corrected chi connectivity index (χ3v) is 5.69. The molecule has 0 saturated heterocycles. The Balaban J connectivity index is 2.43. The van der Waals surface area contributed by atoms with E-state index in [1.165, 1.54) is 4.90 Å². The van der Waals surface area contributed by atoms with Gasteiger partial charge in [0.15, 0.2) is 0 Å². The van der Waals surface area contributed by atoms with Gasteiger partial charge < -0.3 is 14.8 Å². The van der Waals surface area contributed by atoms with Gasteiger partial charge in [-0.1, -0.05) is 26.8 Å². The number of aromatic nitrogens is 1. The number of nitrogens with zero attached hydrogens (tertiary/aromatic N) is 2. The molecule has 2 rings (SSSR count). The highest BCUT2D eigenvalue weighted by atomic mass is 32.1. The SMILES string of the molecule is CCC(NC(=O)c1cn(C(C)C)cc(C(=O)N(C)CC(C)C)c1=O)c1cccs1. The molecular formula is C22H31N3O3S. The Morgan fingerprint density at radius 2 is 1.83 bits per heavy atom. The van der Waals surface area contributed by atoms with E-state index in [1.807, 2.05) is 52.1 Å². The molecule has 0 aliphatic carbocycles. The predicted octanol–water partition coefficient (Wildman–Crippen LogP) is 4.10. The number of carbonyl (C=O) groups excluding carboxylic acids is 2. The Morgan fingerprint density at radius 1 is 1.17 bits per heavy atom. The average Bonchev–Trinajstić information content (AvgIpc) is 3.19. The molecule has 0 saturated carbocycles. The smallest absolute Gasteiger partial charge is 0.259 e. The van der Waals surface area contributed by atoms with Crippen molar-refractivity contribution < 1.29 is 9.59 Å². The van der Waals surface area contributed by atoms with Crippen LogP contribution in [0, 0.1) is 5.92 Å². The van der Waals surface area contributed by atoms with Gasteiger partial charge in [-0.3, -0.25) is 14.4 Å². The number of amides is 2. The van der Waals surface area contributed by atoms with E-state index in [4.69, 9.17) is 0 Å². The van der Waals surface area contributed by atoms with E-state index in [9.17, 15) is 14.4 Å².